The van der Waals surface area contributed by atoms with Crippen LogP contribution in [0.1, 0.15) is 23.2 Å². The van der Waals surface area contributed by atoms with Gasteiger partial charge in [0.1, 0.15) is 0 Å². The molecule has 27 heavy (non-hydrogen) atoms. The molecule has 0 aliphatic carbocycles. The second-order valence-corrected chi connectivity index (χ2v) is 6.69. The van der Waals surface area contributed by atoms with Crippen LogP contribution in [0.5, 0.6) is 0 Å². The van der Waals surface area contributed by atoms with Crippen molar-refractivity contribution in [3.63, 3.8) is 0 Å². The van der Waals surface area contributed by atoms with E-state index < -0.39 is 4.92 Å². The lowest BCUT2D eigenvalue weighted by molar-refractivity contribution is -0.384. The van der Waals surface area contributed by atoms with E-state index in [1.54, 1.807) is 23.0 Å². The van der Waals surface area contributed by atoms with Crippen LogP contribution in [0.4, 0.5) is 5.69 Å². The van der Waals surface area contributed by atoms with E-state index in [-0.39, 0.29) is 17.9 Å². The number of likely N-dealkylation sites (tertiary alicyclic amines) is 1. The quantitative estimate of drug-likeness (QED) is 0.601. The summed E-state index contributed by atoms with van der Waals surface area (Å²) in [5, 5.41) is 15.0. The van der Waals surface area contributed by atoms with Crippen LogP contribution in [-0.2, 0) is 9.47 Å². The lowest BCUT2D eigenvalue weighted by Crippen LogP contribution is -2.41. The molecule has 0 N–H and O–H groups in total. The highest BCUT2D eigenvalue weighted by Gasteiger charge is 2.32. The molecule has 0 radical (unpaired) electrons. The lowest BCUT2D eigenvalue weighted by atomic mass is 9.96. The van der Waals surface area contributed by atoms with Gasteiger partial charge in [-0.3, -0.25) is 14.9 Å². The number of nitro groups is 1. The highest BCUT2D eigenvalue weighted by molar-refractivity contribution is 5.93. The minimum absolute atomic E-state index is 0.0142. The number of piperidine rings is 1. The molecule has 2 fully saturated rings. The Morgan fingerprint density at radius 3 is 2.44 bits per heavy atom. The van der Waals surface area contributed by atoms with Gasteiger partial charge in [0, 0.05) is 37.3 Å². The first kappa shape index (κ1) is 17.6. The molecule has 0 spiro atoms. The molecule has 142 valence electrons. The van der Waals surface area contributed by atoms with Crippen LogP contribution in [0.3, 0.4) is 0 Å². The van der Waals surface area contributed by atoms with Gasteiger partial charge in [-0.25, -0.2) is 4.68 Å². The molecule has 9 heteroatoms. The SMILES string of the molecule is O=C(c1cnn(-c2ccc([N+](=O)[O-])cc2)c1)N1CCC(C2OCCO2)CC1. The molecule has 2 aromatic rings. The smallest absolute Gasteiger partial charge is 0.269 e. The molecule has 4 rings (SSSR count). The maximum atomic E-state index is 12.7. The van der Waals surface area contributed by atoms with Gasteiger partial charge in [-0.2, -0.15) is 5.10 Å². The molecule has 3 heterocycles. The summed E-state index contributed by atoms with van der Waals surface area (Å²) in [4.78, 5) is 24.8. The summed E-state index contributed by atoms with van der Waals surface area (Å²) < 4.78 is 12.7. The topological polar surface area (TPSA) is 99.7 Å². The second-order valence-electron chi connectivity index (χ2n) is 6.69. The van der Waals surface area contributed by atoms with E-state index >= 15 is 0 Å². The zero-order valence-electron chi connectivity index (χ0n) is 14.7. The number of amides is 1. The third-order valence-corrected chi connectivity index (χ3v) is 5.01. The first-order chi connectivity index (χ1) is 13.1. The molecule has 2 saturated heterocycles. The summed E-state index contributed by atoms with van der Waals surface area (Å²) in [7, 11) is 0. The number of rotatable bonds is 4. The number of hydrogen-bond acceptors (Lipinski definition) is 6. The van der Waals surface area contributed by atoms with Crippen molar-refractivity contribution in [1.82, 2.24) is 14.7 Å². The number of hydrogen-bond donors (Lipinski definition) is 0. The number of carbonyl (C=O) groups is 1. The molecule has 9 nitrogen and oxygen atoms in total. The Balaban J connectivity index is 1.39. The van der Waals surface area contributed by atoms with Crippen LogP contribution in [0.2, 0.25) is 0 Å². The van der Waals surface area contributed by atoms with Crippen molar-refractivity contribution in [3.8, 4) is 5.69 Å². The minimum atomic E-state index is -0.451. The third-order valence-electron chi connectivity index (χ3n) is 5.01. The number of non-ortho nitro benzene ring substituents is 1. The largest absolute Gasteiger partial charge is 0.350 e. The Morgan fingerprint density at radius 2 is 1.81 bits per heavy atom. The van der Waals surface area contributed by atoms with E-state index in [0.717, 1.165) is 12.8 Å². The van der Waals surface area contributed by atoms with Crippen LogP contribution >= 0.6 is 0 Å². The maximum Gasteiger partial charge on any atom is 0.269 e. The van der Waals surface area contributed by atoms with E-state index in [9.17, 15) is 14.9 Å². The predicted molar refractivity (Wildman–Crippen MR) is 94.5 cm³/mol. The van der Waals surface area contributed by atoms with E-state index in [0.29, 0.717) is 43.5 Å². The molecule has 1 aromatic heterocycles. The van der Waals surface area contributed by atoms with Crippen molar-refractivity contribution in [1.29, 1.82) is 0 Å². The molecule has 0 bridgehead atoms. The summed E-state index contributed by atoms with van der Waals surface area (Å²) in [5.41, 5.74) is 1.18. The Labute approximate surface area is 155 Å². The van der Waals surface area contributed by atoms with Gasteiger partial charge in [-0.1, -0.05) is 0 Å². The van der Waals surface area contributed by atoms with Crippen molar-refractivity contribution in [2.24, 2.45) is 5.92 Å². The molecule has 0 unspecified atom stereocenters. The van der Waals surface area contributed by atoms with E-state index in [1.165, 1.54) is 18.3 Å². The van der Waals surface area contributed by atoms with Gasteiger partial charge >= 0.3 is 0 Å². The molecule has 2 aliphatic rings. The zero-order valence-corrected chi connectivity index (χ0v) is 14.7. The van der Waals surface area contributed by atoms with E-state index in [2.05, 4.69) is 5.10 Å². The number of nitrogens with zero attached hydrogens (tertiary/aromatic N) is 4. The van der Waals surface area contributed by atoms with Crippen LogP contribution in [0.25, 0.3) is 5.69 Å². The van der Waals surface area contributed by atoms with E-state index in [1.807, 2.05) is 4.90 Å². The van der Waals surface area contributed by atoms with Crippen LogP contribution in [-0.4, -0.2) is 58.1 Å². The number of aromatic nitrogens is 2. The Hall–Kier alpha value is -2.78. The summed E-state index contributed by atoms with van der Waals surface area (Å²) >= 11 is 0. The number of ether oxygens (including phenoxy) is 2. The van der Waals surface area contributed by atoms with Crippen molar-refractivity contribution < 1.29 is 19.2 Å². The molecular formula is C18H20N4O5. The van der Waals surface area contributed by atoms with Crippen molar-refractivity contribution in [2.75, 3.05) is 26.3 Å². The molecule has 2 aliphatic heterocycles. The minimum Gasteiger partial charge on any atom is -0.350 e. The highest BCUT2D eigenvalue weighted by Crippen LogP contribution is 2.26. The average Bonchev–Trinajstić information content (AvgIpc) is 3.40. The molecule has 1 aromatic carbocycles. The summed E-state index contributed by atoms with van der Waals surface area (Å²) in [6, 6.07) is 6.03. The van der Waals surface area contributed by atoms with Gasteiger partial charge in [-0.15, -0.1) is 0 Å². The average molecular weight is 372 g/mol. The maximum absolute atomic E-state index is 12.7. The predicted octanol–water partition coefficient (Wildman–Crippen LogP) is 2.01. The summed E-state index contributed by atoms with van der Waals surface area (Å²) in [6.07, 6.45) is 4.75. The van der Waals surface area contributed by atoms with Gasteiger partial charge in [0.25, 0.3) is 11.6 Å². The molecule has 1 amide bonds. The Morgan fingerprint density at radius 1 is 1.15 bits per heavy atom. The Bertz CT molecular complexity index is 821. The third kappa shape index (κ3) is 3.69. The van der Waals surface area contributed by atoms with Gasteiger partial charge < -0.3 is 14.4 Å². The van der Waals surface area contributed by atoms with Gasteiger partial charge in [0.15, 0.2) is 6.29 Å². The second kappa shape index (κ2) is 7.45. The molecule has 0 saturated carbocycles. The monoisotopic (exact) mass is 372 g/mol. The first-order valence-electron chi connectivity index (χ1n) is 8.94. The van der Waals surface area contributed by atoms with Crippen LogP contribution in [0, 0.1) is 16.0 Å². The van der Waals surface area contributed by atoms with Gasteiger partial charge in [0.2, 0.25) is 0 Å². The number of nitro benzene ring substituents is 1. The van der Waals surface area contributed by atoms with Crippen LogP contribution in [0.15, 0.2) is 36.7 Å². The first-order valence-corrected chi connectivity index (χ1v) is 8.94. The van der Waals surface area contributed by atoms with Gasteiger partial charge in [0.05, 0.1) is 35.6 Å². The summed E-state index contributed by atoms with van der Waals surface area (Å²) in [5.74, 6) is 0.272. The molecule has 0 atom stereocenters. The fourth-order valence-corrected chi connectivity index (χ4v) is 3.51. The van der Waals surface area contributed by atoms with Crippen molar-refractivity contribution in [2.45, 2.75) is 19.1 Å². The zero-order chi connectivity index (χ0) is 18.8. The Kier molecular flexibility index (Phi) is 4.87. The fourth-order valence-electron chi connectivity index (χ4n) is 3.51. The van der Waals surface area contributed by atoms with Crippen molar-refractivity contribution in [3.05, 3.63) is 52.3 Å². The highest BCUT2D eigenvalue weighted by atomic mass is 16.7. The lowest BCUT2D eigenvalue weighted by Gasteiger charge is -2.33. The van der Waals surface area contributed by atoms with Gasteiger partial charge in [-0.05, 0) is 25.0 Å². The fraction of sp³-hybridized carbons (Fsp3) is 0.444. The van der Waals surface area contributed by atoms with Crippen LogP contribution < -0.4 is 0 Å². The molecular weight excluding hydrogens is 352 g/mol. The summed E-state index contributed by atoms with van der Waals surface area (Å²) in [6.45, 7) is 2.61. The number of carbonyl (C=O) groups excluding carboxylic acids is 1. The normalized spacial score (nSPS) is 18.7. The number of benzene rings is 1. The standard InChI is InChI=1S/C18H20N4O5/c23-17(20-7-5-13(6-8-20)18-26-9-10-27-18)14-11-19-21(12-14)15-1-3-16(4-2-15)22(24)25/h1-4,11-13,18H,5-10H2. The van der Waals surface area contributed by atoms with E-state index in [4.69, 9.17) is 9.47 Å². The van der Waals surface area contributed by atoms with Crippen molar-refractivity contribution >= 4 is 11.6 Å².